The molecule has 1 aromatic rings. The van der Waals surface area contributed by atoms with Crippen LogP contribution in [0.15, 0.2) is 24.3 Å². The highest BCUT2D eigenvalue weighted by Crippen LogP contribution is 2.36. The standard InChI is InChI=1S/C15H21NO2/c1-10(2)11-8-12(9-11)16-14-7-5-4-6-13(14)15(17)18-3/h4-7,10-12,16H,8-9H2,1-3H3. The van der Waals surface area contributed by atoms with Crippen molar-refractivity contribution in [3.8, 4) is 0 Å². The number of carbonyl (C=O) groups is 1. The number of ether oxygens (including phenoxy) is 1. The Kier molecular flexibility index (Phi) is 3.90. The fourth-order valence-corrected chi connectivity index (χ4v) is 2.44. The number of benzene rings is 1. The predicted molar refractivity (Wildman–Crippen MR) is 72.8 cm³/mol. The lowest BCUT2D eigenvalue weighted by atomic mass is 9.73. The molecule has 0 heterocycles. The third-order valence-electron chi connectivity index (χ3n) is 3.81. The number of nitrogens with one attached hydrogen (secondary N) is 1. The van der Waals surface area contributed by atoms with Gasteiger partial charge in [-0.05, 0) is 36.8 Å². The lowest BCUT2D eigenvalue weighted by molar-refractivity contribution is 0.0601. The van der Waals surface area contributed by atoms with Crippen molar-refractivity contribution in [1.82, 2.24) is 0 Å². The summed E-state index contributed by atoms with van der Waals surface area (Å²) in [6.07, 6.45) is 2.38. The molecule has 3 nitrogen and oxygen atoms in total. The van der Waals surface area contributed by atoms with Gasteiger partial charge in [-0.15, -0.1) is 0 Å². The van der Waals surface area contributed by atoms with E-state index in [1.54, 1.807) is 6.07 Å². The van der Waals surface area contributed by atoms with Gasteiger partial charge in [0.05, 0.1) is 12.7 Å². The highest BCUT2D eigenvalue weighted by Gasteiger charge is 2.31. The molecule has 3 heteroatoms. The second kappa shape index (κ2) is 5.42. The quantitative estimate of drug-likeness (QED) is 0.829. The summed E-state index contributed by atoms with van der Waals surface area (Å²) in [6.45, 7) is 4.53. The molecule has 0 unspecified atom stereocenters. The van der Waals surface area contributed by atoms with Gasteiger partial charge < -0.3 is 10.1 Å². The monoisotopic (exact) mass is 247 g/mol. The zero-order chi connectivity index (χ0) is 13.1. The highest BCUT2D eigenvalue weighted by atomic mass is 16.5. The molecule has 0 spiro atoms. The zero-order valence-electron chi connectivity index (χ0n) is 11.3. The van der Waals surface area contributed by atoms with Crippen LogP contribution in [0.25, 0.3) is 0 Å². The van der Waals surface area contributed by atoms with Crippen LogP contribution < -0.4 is 5.32 Å². The van der Waals surface area contributed by atoms with Crippen molar-refractivity contribution in [1.29, 1.82) is 0 Å². The fraction of sp³-hybridized carbons (Fsp3) is 0.533. The number of esters is 1. The average molecular weight is 247 g/mol. The van der Waals surface area contributed by atoms with Gasteiger partial charge in [0.1, 0.15) is 0 Å². The first-order chi connectivity index (χ1) is 8.61. The highest BCUT2D eigenvalue weighted by molar-refractivity contribution is 5.95. The fourth-order valence-electron chi connectivity index (χ4n) is 2.44. The van der Waals surface area contributed by atoms with Crippen LogP contribution in [0, 0.1) is 11.8 Å². The molecule has 0 aliphatic heterocycles. The number of para-hydroxylation sites is 1. The molecule has 98 valence electrons. The minimum Gasteiger partial charge on any atom is -0.465 e. The van der Waals surface area contributed by atoms with Gasteiger partial charge in [-0.1, -0.05) is 26.0 Å². The molecule has 0 aromatic heterocycles. The van der Waals surface area contributed by atoms with Gasteiger partial charge >= 0.3 is 5.97 Å². The molecule has 18 heavy (non-hydrogen) atoms. The van der Waals surface area contributed by atoms with E-state index in [0.717, 1.165) is 17.5 Å². The number of hydrogen-bond donors (Lipinski definition) is 1. The van der Waals surface area contributed by atoms with E-state index < -0.39 is 0 Å². The molecule has 0 atom stereocenters. The molecule has 1 N–H and O–H groups in total. The van der Waals surface area contributed by atoms with Crippen molar-refractivity contribution in [3.63, 3.8) is 0 Å². The third kappa shape index (κ3) is 2.66. The SMILES string of the molecule is COC(=O)c1ccccc1NC1CC(C(C)C)C1. The number of hydrogen-bond acceptors (Lipinski definition) is 3. The summed E-state index contributed by atoms with van der Waals surface area (Å²) in [6, 6.07) is 8.02. The Bertz CT molecular complexity index is 422. The van der Waals surface area contributed by atoms with Gasteiger partial charge in [-0.25, -0.2) is 4.79 Å². The van der Waals surface area contributed by atoms with Crippen LogP contribution in [0.4, 0.5) is 5.69 Å². The van der Waals surface area contributed by atoms with Crippen LogP contribution in [0.5, 0.6) is 0 Å². The van der Waals surface area contributed by atoms with E-state index in [9.17, 15) is 4.79 Å². The van der Waals surface area contributed by atoms with Crippen molar-refractivity contribution in [2.45, 2.75) is 32.7 Å². The van der Waals surface area contributed by atoms with Gasteiger partial charge in [0.15, 0.2) is 0 Å². The molecule has 1 fully saturated rings. The maximum Gasteiger partial charge on any atom is 0.339 e. The maximum absolute atomic E-state index is 11.6. The van der Waals surface area contributed by atoms with E-state index in [0.29, 0.717) is 11.6 Å². The largest absolute Gasteiger partial charge is 0.465 e. The molecule has 1 aliphatic carbocycles. The predicted octanol–water partition coefficient (Wildman–Crippen LogP) is 3.32. The molecule has 1 aliphatic rings. The normalized spacial score (nSPS) is 22.4. The summed E-state index contributed by atoms with van der Waals surface area (Å²) in [5.74, 6) is 1.28. The maximum atomic E-state index is 11.6. The van der Waals surface area contributed by atoms with E-state index in [1.807, 2.05) is 18.2 Å². The Morgan fingerprint density at radius 2 is 2.00 bits per heavy atom. The number of carbonyl (C=O) groups excluding carboxylic acids is 1. The van der Waals surface area contributed by atoms with Crippen molar-refractivity contribution in [3.05, 3.63) is 29.8 Å². The van der Waals surface area contributed by atoms with Crippen LogP contribution in [-0.4, -0.2) is 19.1 Å². The van der Waals surface area contributed by atoms with Gasteiger partial charge in [0.2, 0.25) is 0 Å². The van der Waals surface area contributed by atoms with Crippen LogP contribution in [0.2, 0.25) is 0 Å². The second-order valence-electron chi connectivity index (χ2n) is 5.35. The van der Waals surface area contributed by atoms with Gasteiger partial charge in [-0.2, -0.15) is 0 Å². The van der Waals surface area contributed by atoms with Crippen molar-refractivity contribution >= 4 is 11.7 Å². The Balaban J connectivity index is 2.00. The van der Waals surface area contributed by atoms with E-state index >= 15 is 0 Å². The van der Waals surface area contributed by atoms with Gasteiger partial charge in [0.25, 0.3) is 0 Å². The van der Waals surface area contributed by atoms with E-state index in [2.05, 4.69) is 19.2 Å². The van der Waals surface area contributed by atoms with Crippen LogP contribution in [0.3, 0.4) is 0 Å². The smallest absolute Gasteiger partial charge is 0.339 e. The summed E-state index contributed by atoms with van der Waals surface area (Å²) in [4.78, 5) is 11.6. The van der Waals surface area contributed by atoms with Crippen molar-refractivity contribution < 1.29 is 9.53 Å². The Hall–Kier alpha value is -1.51. The Morgan fingerprint density at radius 1 is 1.33 bits per heavy atom. The van der Waals surface area contributed by atoms with E-state index in [1.165, 1.54) is 20.0 Å². The summed E-state index contributed by atoms with van der Waals surface area (Å²) >= 11 is 0. The van der Waals surface area contributed by atoms with Crippen LogP contribution in [-0.2, 0) is 4.74 Å². The molecule has 0 radical (unpaired) electrons. The number of rotatable bonds is 4. The molecule has 1 saturated carbocycles. The number of methoxy groups -OCH3 is 1. The molecular formula is C15H21NO2. The second-order valence-corrected chi connectivity index (χ2v) is 5.35. The summed E-state index contributed by atoms with van der Waals surface area (Å²) in [5.41, 5.74) is 1.50. The Labute approximate surface area is 109 Å². The lowest BCUT2D eigenvalue weighted by Crippen LogP contribution is -2.38. The molecular weight excluding hydrogens is 226 g/mol. The summed E-state index contributed by atoms with van der Waals surface area (Å²) in [5, 5.41) is 3.45. The van der Waals surface area contributed by atoms with Gasteiger partial charge in [-0.3, -0.25) is 0 Å². The summed E-state index contributed by atoms with van der Waals surface area (Å²) in [7, 11) is 1.41. The molecule has 0 amide bonds. The van der Waals surface area contributed by atoms with E-state index in [4.69, 9.17) is 4.74 Å². The minimum atomic E-state index is -0.280. The first-order valence-electron chi connectivity index (χ1n) is 6.55. The van der Waals surface area contributed by atoms with Crippen LogP contribution >= 0.6 is 0 Å². The molecule has 0 bridgehead atoms. The van der Waals surface area contributed by atoms with E-state index in [-0.39, 0.29) is 5.97 Å². The first-order valence-corrected chi connectivity index (χ1v) is 6.55. The van der Waals surface area contributed by atoms with Gasteiger partial charge in [0, 0.05) is 11.7 Å². The number of anilines is 1. The molecule has 2 rings (SSSR count). The van der Waals surface area contributed by atoms with Crippen molar-refractivity contribution in [2.24, 2.45) is 11.8 Å². The molecule has 0 saturated heterocycles. The third-order valence-corrected chi connectivity index (χ3v) is 3.81. The first kappa shape index (κ1) is 12.9. The summed E-state index contributed by atoms with van der Waals surface area (Å²) < 4.78 is 4.79. The molecule has 1 aromatic carbocycles. The van der Waals surface area contributed by atoms with Crippen LogP contribution in [0.1, 0.15) is 37.0 Å². The topological polar surface area (TPSA) is 38.3 Å². The zero-order valence-corrected chi connectivity index (χ0v) is 11.3. The lowest BCUT2D eigenvalue weighted by Gasteiger charge is -2.39. The Morgan fingerprint density at radius 3 is 2.61 bits per heavy atom. The van der Waals surface area contributed by atoms with Crippen molar-refractivity contribution in [2.75, 3.05) is 12.4 Å². The average Bonchev–Trinajstić information content (AvgIpc) is 2.32. The minimum absolute atomic E-state index is 0.280.